The number of nitrogens with one attached hydrogen (secondary N) is 1. The molecule has 1 saturated heterocycles. The molecule has 0 spiro atoms. The van der Waals surface area contributed by atoms with Crippen LogP contribution in [0.5, 0.6) is 0 Å². The maximum Gasteiger partial charge on any atom is 0.0600 e. The maximum absolute atomic E-state index is 3.85. The lowest BCUT2D eigenvalue weighted by Gasteiger charge is -2.31. The Bertz CT molecular complexity index is 214. The Hall–Kier alpha value is -0.600. The van der Waals surface area contributed by atoms with Crippen molar-refractivity contribution in [3.05, 3.63) is 24.3 Å². The smallest absolute Gasteiger partial charge is 0.0600 e. The van der Waals surface area contributed by atoms with Crippen molar-refractivity contribution >= 4 is 0 Å². The molecule has 1 N–H and O–H groups in total. The summed E-state index contributed by atoms with van der Waals surface area (Å²) < 4.78 is 0. The zero-order valence-electron chi connectivity index (χ0n) is 9.59. The summed E-state index contributed by atoms with van der Waals surface area (Å²) in [6.07, 6.45) is 7.19. The van der Waals surface area contributed by atoms with E-state index in [1.165, 1.54) is 18.4 Å². The molecule has 0 bridgehead atoms. The minimum Gasteiger partial charge on any atom is -0.302 e. The minimum atomic E-state index is 0.452. The van der Waals surface area contributed by atoms with Crippen molar-refractivity contribution in [2.75, 3.05) is 13.6 Å². The largest absolute Gasteiger partial charge is 0.302 e. The van der Waals surface area contributed by atoms with Gasteiger partial charge in [-0.3, -0.25) is 4.90 Å². The fourth-order valence-electron chi connectivity index (χ4n) is 2.05. The zero-order chi connectivity index (χ0) is 10.6. The molecule has 1 heterocycles. The molecule has 0 aromatic rings. The van der Waals surface area contributed by atoms with Crippen molar-refractivity contribution in [2.24, 2.45) is 0 Å². The van der Waals surface area contributed by atoms with Crippen LogP contribution in [0.15, 0.2) is 24.3 Å². The Labute approximate surface area is 87.7 Å². The molecule has 80 valence electrons. The van der Waals surface area contributed by atoms with E-state index in [2.05, 4.69) is 43.8 Å². The number of hydrogen-bond donors (Lipinski definition) is 1. The SMILES string of the molecule is C=C/C(=C\C)C(C)N(C)C1CCCN1. The Morgan fingerprint density at radius 1 is 1.64 bits per heavy atom. The molecular formula is C12H22N2. The second-order valence-electron chi connectivity index (χ2n) is 3.95. The maximum atomic E-state index is 3.85. The van der Waals surface area contributed by atoms with Crippen molar-refractivity contribution in [3.63, 3.8) is 0 Å². The fraction of sp³-hybridized carbons (Fsp3) is 0.667. The molecule has 2 heteroatoms. The number of hydrogen-bond acceptors (Lipinski definition) is 2. The van der Waals surface area contributed by atoms with E-state index in [9.17, 15) is 0 Å². The van der Waals surface area contributed by atoms with Crippen molar-refractivity contribution in [2.45, 2.75) is 38.9 Å². The normalized spacial score (nSPS) is 25.4. The molecule has 1 aliphatic rings. The van der Waals surface area contributed by atoms with Gasteiger partial charge in [-0.2, -0.15) is 0 Å². The van der Waals surface area contributed by atoms with Crippen molar-refractivity contribution in [3.8, 4) is 0 Å². The zero-order valence-corrected chi connectivity index (χ0v) is 9.59. The number of likely N-dealkylation sites (N-methyl/N-ethyl adjacent to an activating group) is 1. The summed E-state index contributed by atoms with van der Waals surface area (Å²) in [5, 5.41) is 3.50. The van der Waals surface area contributed by atoms with E-state index in [4.69, 9.17) is 0 Å². The summed E-state index contributed by atoms with van der Waals surface area (Å²) >= 11 is 0. The number of nitrogens with zero attached hydrogens (tertiary/aromatic N) is 1. The van der Waals surface area contributed by atoms with E-state index in [-0.39, 0.29) is 0 Å². The predicted molar refractivity (Wildman–Crippen MR) is 62.2 cm³/mol. The van der Waals surface area contributed by atoms with Crippen LogP contribution in [0.1, 0.15) is 26.7 Å². The quantitative estimate of drug-likeness (QED) is 0.690. The lowest BCUT2D eigenvalue weighted by molar-refractivity contribution is 0.192. The Morgan fingerprint density at radius 3 is 2.79 bits per heavy atom. The third-order valence-electron chi connectivity index (χ3n) is 3.19. The van der Waals surface area contributed by atoms with E-state index in [0.29, 0.717) is 12.2 Å². The summed E-state index contributed by atoms with van der Waals surface area (Å²) in [4.78, 5) is 2.39. The van der Waals surface area contributed by atoms with Gasteiger partial charge in [0, 0.05) is 6.04 Å². The van der Waals surface area contributed by atoms with Gasteiger partial charge in [0.15, 0.2) is 0 Å². The highest BCUT2D eigenvalue weighted by Gasteiger charge is 2.23. The summed E-state index contributed by atoms with van der Waals surface area (Å²) in [6.45, 7) is 9.31. The molecule has 14 heavy (non-hydrogen) atoms. The van der Waals surface area contributed by atoms with Crippen molar-refractivity contribution in [1.29, 1.82) is 0 Å². The standard InChI is InChI=1S/C12H22N2/c1-5-11(6-2)10(3)14(4)12-8-7-9-13-12/h5-6,10,12-13H,1,7-9H2,2-4H3/b11-6+. The monoisotopic (exact) mass is 194 g/mol. The third-order valence-corrected chi connectivity index (χ3v) is 3.19. The van der Waals surface area contributed by atoms with Crippen LogP contribution in [-0.4, -0.2) is 30.7 Å². The summed E-state index contributed by atoms with van der Waals surface area (Å²) in [6, 6.07) is 0.452. The van der Waals surface area contributed by atoms with Crippen molar-refractivity contribution < 1.29 is 0 Å². The molecule has 2 unspecified atom stereocenters. The Balaban J connectivity index is 2.58. The average Bonchev–Trinajstić information content (AvgIpc) is 2.71. The number of allylic oxidation sites excluding steroid dienone is 1. The first-order valence-electron chi connectivity index (χ1n) is 5.44. The Morgan fingerprint density at radius 2 is 2.36 bits per heavy atom. The molecule has 0 radical (unpaired) electrons. The highest BCUT2D eigenvalue weighted by atomic mass is 15.3. The first-order chi connectivity index (χ1) is 6.70. The van der Waals surface area contributed by atoms with Crippen LogP contribution in [0, 0.1) is 0 Å². The average molecular weight is 194 g/mol. The first-order valence-corrected chi connectivity index (χ1v) is 5.44. The van der Waals surface area contributed by atoms with Crippen molar-refractivity contribution in [1.82, 2.24) is 10.2 Å². The minimum absolute atomic E-state index is 0.452. The summed E-state index contributed by atoms with van der Waals surface area (Å²) in [7, 11) is 2.18. The van der Waals surface area contributed by atoms with Crippen LogP contribution < -0.4 is 5.32 Å². The van der Waals surface area contributed by atoms with E-state index in [1.807, 2.05) is 6.08 Å². The van der Waals surface area contributed by atoms with E-state index >= 15 is 0 Å². The van der Waals surface area contributed by atoms with Gasteiger partial charge >= 0.3 is 0 Å². The van der Waals surface area contributed by atoms with Gasteiger partial charge in [-0.25, -0.2) is 0 Å². The van der Waals surface area contributed by atoms with Crippen LogP contribution in [0.25, 0.3) is 0 Å². The second kappa shape index (κ2) is 5.32. The predicted octanol–water partition coefficient (Wildman–Crippen LogP) is 2.15. The molecule has 2 atom stereocenters. The molecule has 2 nitrogen and oxygen atoms in total. The lowest BCUT2D eigenvalue weighted by atomic mass is 10.1. The van der Waals surface area contributed by atoms with Gasteiger partial charge in [-0.15, -0.1) is 0 Å². The van der Waals surface area contributed by atoms with E-state index in [1.54, 1.807) is 0 Å². The Kier molecular flexibility index (Phi) is 4.36. The van der Waals surface area contributed by atoms with Crippen LogP contribution in [-0.2, 0) is 0 Å². The van der Waals surface area contributed by atoms with Gasteiger partial charge in [-0.1, -0.05) is 18.7 Å². The fourth-order valence-corrected chi connectivity index (χ4v) is 2.05. The third kappa shape index (κ3) is 2.46. The molecule has 0 saturated carbocycles. The highest BCUT2D eigenvalue weighted by Crippen LogP contribution is 2.16. The van der Waals surface area contributed by atoms with Crippen LogP contribution in [0.4, 0.5) is 0 Å². The van der Waals surface area contributed by atoms with Gasteiger partial charge in [0.05, 0.1) is 6.17 Å². The molecule has 0 aromatic heterocycles. The van der Waals surface area contributed by atoms with Gasteiger partial charge < -0.3 is 5.32 Å². The van der Waals surface area contributed by atoms with E-state index in [0.717, 1.165) is 6.54 Å². The van der Waals surface area contributed by atoms with Gasteiger partial charge in [0.25, 0.3) is 0 Å². The van der Waals surface area contributed by atoms with E-state index < -0.39 is 0 Å². The van der Waals surface area contributed by atoms with Crippen LogP contribution in [0.3, 0.4) is 0 Å². The lowest BCUT2D eigenvalue weighted by Crippen LogP contribution is -2.44. The summed E-state index contributed by atoms with van der Waals surface area (Å²) in [5.74, 6) is 0. The molecule has 0 aliphatic carbocycles. The molecule has 0 aromatic carbocycles. The molecule has 1 rings (SSSR count). The molecular weight excluding hydrogens is 172 g/mol. The molecule has 1 aliphatic heterocycles. The van der Waals surface area contributed by atoms with Gasteiger partial charge in [-0.05, 0) is 45.9 Å². The topological polar surface area (TPSA) is 15.3 Å². The van der Waals surface area contributed by atoms with Gasteiger partial charge in [0.2, 0.25) is 0 Å². The van der Waals surface area contributed by atoms with Crippen LogP contribution in [0.2, 0.25) is 0 Å². The number of rotatable bonds is 4. The summed E-state index contributed by atoms with van der Waals surface area (Å²) in [5.41, 5.74) is 1.31. The van der Waals surface area contributed by atoms with Gasteiger partial charge in [0.1, 0.15) is 0 Å². The first kappa shape index (κ1) is 11.5. The molecule has 1 fully saturated rings. The molecule has 0 amide bonds. The highest BCUT2D eigenvalue weighted by molar-refractivity contribution is 5.21. The second-order valence-corrected chi connectivity index (χ2v) is 3.95. The van der Waals surface area contributed by atoms with Crippen LogP contribution >= 0.6 is 0 Å².